The number of likely N-dealkylation sites (N-methyl/N-ethyl adjacent to an activating group) is 1. The number of carbonyl (C=O) groups excluding carboxylic acids is 2. The second kappa shape index (κ2) is 7.50. The predicted molar refractivity (Wildman–Crippen MR) is 56.1 cm³/mol. The Bertz CT molecular complexity index is 193. The minimum Gasteiger partial charge on any atom is -0.355 e. The first kappa shape index (κ1) is 13.1. The van der Waals surface area contributed by atoms with E-state index >= 15 is 0 Å². The molecule has 0 spiro atoms. The van der Waals surface area contributed by atoms with Crippen LogP contribution < -0.4 is 5.32 Å². The molecule has 0 atom stereocenters. The summed E-state index contributed by atoms with van der Waals surface area (Å²) in [5, 5.41) is 2.79. The van der Waals surface area contributed by atoms with E-state index in [4.69, 9.17) is 0 Å². The van der Waals surface area contributed by atoms with Gasteiger partial charge in [-0.3, -0.25) is 14.5 Å². The number of Topliss-reactive ketones (excluding diaryl/α,β-unsaturated/α-hetero) is 1. The molecule has 0 aromatic carbocycles. The van der Waals surface area contributed by atoms with Crippen LogP contribution in [0.2, 0.25) is 0 Å². The van der Waals surface area contributed by atoms with Crippen molar-refractivity contribution < 1.29 is 9.59 Å². The number of hydrogen-bond donors (Lipinski definition) is 1. The maximum atomic E-state index is 11.2. The molecule has 0 heterocycles. The molecule has 0 aliphatic carbocycles. The van der Waals surface area contributed by atoms with Crippen LogP contribution in [-0.2, 0) is 9.59 Å². The topological polar surface area (TPSA) is 49.4 Å². The van der Waals surface area contributed by atoms with Crippen molar-refractivity contribution in [3.63, 3.8) is 0 Å². The molecule has 0 saturated heterocycles. The summed E-state index contributed by atoms with van der Waals surface area (Å²) in [6.45, 7) is 5.31. The van der Waals surface area contributed by atoms with Gasteiger partial charge in [-0.2, -0.15) is 0 Å². The third-order valence-electron chi connectivity index (χ3n) is 1.83. The van der Waals surface area contributed by atoms with Crippen LogP contribution in [0.25, 0.3) is 0 Å². The van der Waals surface area contributed by atoms with E-state index in [0.717, 1.165) is 13.0 Å². The van der Waals surface area contributed by atoms with E-state index in [9.17, 15) is 9.59 Å². The molecule has 0 aliphatic rings. The number of carbonyl (C=O) groups is 2. The van der Waals surface area contributed by atoms with Crippen LogP contribution >= 0.6 is 0 Å². The largest absolute Gasteiger partial charge is 0.355 e. The molecule has 4 nitrogen and oxygen atoms in total. The van der Waals surface area contributed by atoms with Crippen molar-refractivity contribution in [2.75, 3.05) is 26.7 Å². The Balaban J connectivity index is 3.55. The molecular weight excluding hydrogens is 180 g/mol. The smallest absolute Gasteiger partial charge is 0.234 e. The minimum atomic E-state index is 0.0258. The Morgan fingerprint density at radius 2 is 2.00 bits per heavy atom. The summed E-state index contributed by atoms with van der Waals surface area (Å²) in [6, 6.07) is 0. The zero-order valence-electron chi connectivity index (χ0n) is 9.30. The highest BCUT2D eigenvalue weighted by Crippen LogP contribution is 1.88. The van der Waals surface area contributed by atoms with Gasteiger partial charge in [-0.05, 0) is 20.4 Å². The quantitative estimate of drug-likeness (QED) is 0.648. The van der Waals surface area contributed by atoms with Gasteiger partial charge in [-0.15, -0.1) is 0 Å². The van der Waals surface area contributed by atoms with E-state index in [1.54, 1.807) is 6.92 Å². The fourth-order valence-corrected chi connectivity index (χ4v) is 0.993. The molecule has 0 fully saturated rings. The molecule has 0 saturated carbocycles. The van der Waals surface area contributed by atoms with Crippen LogP contribution in [0.5, 0.6) is 0 Å². The monoisotopic (exact) mass is 200 g/mol. The predicted octanol–water partition coefficient (Wildman–Crippen LogP) is 0.423. The summed E-state index contributed by atoms with van der Waals surface area (Å²) in [4.78, 5) is 23.8. The average Bonchev–Trinajstić information content (AvgIpc) is 2.11. The molecule has 0 unspecified atom stereocenters. The third kappa shape index (κ3) is 7.73. The summed E-state index contributed by atoms with van der Waals surface area (Å²) in [7, 11) is 1.84. The van der Waals surface area contributed by atoms with Crippen molar-refractivity contribution in [3.8, 4) is 0 Å². The van der Waals surface area contributed by atoms with E-state index in [2.05, 4.69) is 5.32 Å². The molecule has 0 aromatic rings. The van der Waals surface area contributed by atoms with Crippen LogP contribution in [0.15, 0.2) is 0 Å². The fraction of sp³-hybridized carbons (Fsp3) is 0.800. The van der Waals surface area contributed by atoms with E-state index < -0.39 is 0 Å². The lowest BCUT2D eigenvalue weighted by Crippen LogP contribution is -2.36. The lowest BCUT2D eigenvalue weighted by Gasteiger charge is -2.14. The standard InChI is InChI=1S/C10H20N2O2/c1-4-6-11-10(14)8-12(3)7-5-9(2)13/h4-8H2,1-3H3,(H,11,14). The van der Waals surface area contributed by atoms with Gasteiger partial charge in [0.25, 0.3) is 0 Å². The molecule has 0 radical (unpaired) electrons. The molecule has 0 aliphatic heterocycles. The molecular formula is C10H20N2O2. The number of nitrogens with zero attached hydrogens (tertiary/aromatic N) is 1. The normalized spacial score (nSPS) is 10.3. The number of rotatable bonds is 7. The number of nitrogens with one attached hydrogen (secondary N) is 1. The lowest BCUT2D eigenvalue weighted by molar-refractivity contribution is -0.123. The highest BCUT2D eigenvalue weighted by Gasteiger charge is 2.05. The van der Waals surface area contributed by atoms with Gasteiger partial charge in [0.15, 0.2) is 0 Å². The third-order valence-corrected chi connectivity index (χ3v) is 1.83. The second-order valence-corrected chi connectivity index (χ2v) is 3.54. The van der Waals surface area contributed by atoms with Crippen LogP contribution in [0.3, 0.4) is 0 Å². The molecule has 0 rings (SSSR count). The van der Waals surface area contributed by atoms with Gasteiger partial charge in [0.2, 0.25) is 5.91 Å². The highest BCUT2D eigenvalue weighted by molar-refractivity contribution is 5.78. The molecule has 82 valence electrons. The second-order valence-electron chi connectivity index (χ2n) is 3.54. The molecule has 1 N–H and O–H groups in total. The molecule has 4 heteroatoms. The van der Waals surface area contributed by atoms with E-state index in [0.29, 0.717) is 19.5 Å². The maximum Gasteiger partial charge on any atom is 0.234 e. The minimum absolute atomic E-state index is 0.0258. The van der Waals surface area contributed by atoms with Crippen molar-refractivity contribution in [1.82, 2.24) is 10.2 Å². The molecule has 1 amide bonds. The summed E-state index contributed by atoms with van der Waals surface area (Å²) >= 11 is 0. The Morgan fingerprint density at radius 3 is 2.50 bits per heavy atom. The van der Waals surface area contributed by atoms with Gasteiger partial charge in [0, 0.05) is 19.5 Å². The number of ketones is 1. The molecule has 0 bridgehead atoms. The van der Waals surface area contributed by atoms with Crippen molar-refractivity contribution in [3.05, 3.63) is 0 Å². The number of hydrogen-bond acceptors (Lipinski definition) is 3. The Labute approximate surface area is 85.7 Å². The first-order valence-electron chi connectivity index (χ1n) is 5.01. The van der Waals surface area contributed by atoms with Gasteiger partial charge in [0.05, 0.1) is 6.54 Å². The van der Waals surface area contributed by atoms with Gasteiger partial charge in [0.1, 0.15) is 5.78 Å². The summed E-state index contributed by atoms with van der Waals surface area (Å²) < 4.78 is 0. The van der Waals surface area contributed by atoms with Crippen molar-refractivity contribution in [2.24, 2.45) is 0 Å². The summed E-state index contributed by atoms with van der Waals surface area (Å²) in [5.74, 6) is 0.184. The highest BCUT2D eigenvalue weighted by atomic mass is 16.2. The Hall–Kier alpha value is -0.900. The first-order chi connectivity index (χ1) is 6.56. The van der Waals surface area contributed by atoms with E-state index in [1.165, 1.54) is 0 Å². The Kier molecular flexibility index (Phi) is 7.02. The zero-order valence-corrected chi connectivity index (χ0v) is 9.30. The Morgan fingerprint density at radius 1 is 1.36 bits per heavy atom. The SMILES string of the molecule is CCCNC(=O)CN(C)CCC(C)=O. The van der Waals surface area contributed by atoms with Gasteiger partial charge in [-0.1, -0.05) is 6.92 Å². The average molecular weight is 200 g/mol. The summed E-state index contributed by atoms with van der Waals surface area (Å²) in [5.41, 5.74) is 0. The zero-order chi connectivity index (χ0) is 11.0. The molecule has 14 heavy (non-hydrogen) atoms. The van der Waals surface area contributed by atoms with Crippen molar-refractivity contribution >= 4 is 11.7 Å². The van der Waals surface area contributed by atoms with Crippen LogP contribution in [0, 0.1) is 0 Å². The van der Waals surface area contributed by atoms with Gasteiger partial charge < -0.3 is 5.32 Å². The van der Waals surface area contributed by atoms with Crippen LogP contribution in [0.4, 0.5) is 0 Å². The van der Waals surface area contributed by atoms with Crippen molar-refractivity contribution in [2.45, 2.75) is 26.7 Å². The fourth-order valence-electron chi connectivity index (χ4n) is 0.993. The van der Waals surface area contributed by atoms with Crippen molar-refractivity contribution in [1.29, 1.82) is 0 Å². The van der Waals surface area contributed by atoms with Crippen LogP contribution in [-0.4, -0.2) is 43.3 Å². The van der Waals surface area contributed by atoms with E-state index in [1.807, 2.05) is 18.9 Å². The van der Waals surface area contributed by atoms with Gasteiger partial charge >= 0.3 is 0 Å². The number of amides is 1. The molecule has 0 aromatic heterocycles. The van der Waals surface area contributed by atoms with E-state index in [-0.39, 0.29) is 11.7 Å². The lowest BCUT2D eigenvalue weighted by atomic mass is 10.3. The maximum absolute atomic E-state index is 11.2. The first-order valence-corrected chi connectivity index (χ1v) is 5.01. The van der Waals surface area contributed by atoms with Gasteiger partial charge in [-0.25, -0.2) is 0 Å². The summed E-state index contributed by atoms with van der Waals surface area (Å²) in [6.07, 6.45) is 1.46. The van der Waals surface area contributed by atoms with Crippen LogP contribution in [0.1, 0.15) is 26.7 Å².